The van der Waals surface area contributed by atoms with Gasteiger partial charge in [-0.1, -0.05) is 44.2 Å². The molecule has 6 heteroatoms. The highest BCUT2D eigenvalue weighted by Gasteiger charge is 2.28. The minimum atomic E-state index is -0.0476. The molecule has 1 saturated heterocycles. The van der Waals surface area contributed by atoms with Gasteiger partial charge in [0.1, 0.15) is 6.61 Å². The van der Waals surface area contributed by atoms with E-state index in [1.165, 1.54) is 50.6 Å². The molecule has 0 spiro atoms. The lowest BCUT2D eigenvalue weighted by Gasteiger charge is -2.39. The first-order chi connectivity index (χ1) is 16.7. The highest BCUT2D eigenvalue weighted by atomic mass is 16.5. The van der Waals surface area contributed by atoms with Crippen LogP contribution in [0.5, 0.6) is 11.5 Å². The number of amides is 1. The summed E-state index contributed by atoms with van der Waals surface area (Å²) in [6, 6.07) is 13.9. The lowest BCUT2D eigenvalue weighted by atomic mass is 9.76. The van der Waals surface area contributed by atoms with Gasteiger partial charge in [-0.15, -0.1) is 0 Å². The molecule has 2 aliphatic rings. The molecule has 6 nitrogen and oxygen atoms in total. The van der Waals surface area contributed by atoms with E-state index >= 15 is 0 Å². The van der Waals surface area contributed by atoms with Crippen LogP contribution in [0, 0.1) is 11.8 Å². The second-order valence-corrected chi connectivity index (χ2v) is 9.64. The molecule has 2 aromatic rings. The summed E-state index contributed by atoms with van der Waals surface area (Å²) in [5.74, 6) is 2.90. The van der Waals surface area contributed by atoms with Gasteiger partial charge in [-0.05, 0) is 60.6 Å². The third kappa shape index (κ3) is 6.44. The van der Waals surface area contributed by atoms with Crippen molar-refractivity contribution in [1.82, 2.24) is 0 Å². The van der Waals surface area contributed by atoms with Crippen molar-refractivity contribution in [2.45, 2.75) is 51.4 Å². The second-order valence-electron chi connectivity index (χ2n) is 9.64. The van der Waals surface area contributed by atoms with Gasteiger partial charge in [-0.25, -0.2) is 0 Å². The Morgan fingerprint density at radius 1 is 1.03 bits per heavy atom. The van der Waals surface area contributed by atoms with Gasteiger partial charge in [0, 0.05) is 31.0 Å². The number of carbonyl (C=O) groups excluding carboxylic acids is 1. The number of nitrogens with two attached hydrogens (primary N) is 1. The first kappa shape index (κ1) is 24.4. The zero-order valence-electron chi connectivity index (χ0n) is 20.4. The Kier molecular flexibility index (Phi) is 8.69. The number of piperidine rings is 1. The average Bonchev–Trinajstić information content (AvgIpc) is 2.88. The molecule has 1 atom stereocenters. The molecule has 1 aliphatic carbocycles. The fourth-order valence-corrected chi connectivity index (χ4v) is 5.52. The fraction of sp³-hybridized carbons (Fsp3) is 0.536. The predicted molar refractivity (Wildman–Crippen MR) is 138 cm³/mol. The van der Waals surface area contributed by atoms with Crippen LogP contribution in [0.2, 0.25) is 0 Å². The molecule has 1 saturated carbocycles. The molecule has 0 aromatic heterocycles. The van der Waals surface area contributed by atoms with Gasteiger partial charge in [0.25, 0.3) is 0 Å². The molecule has 2 fully saturated rings. The summed E-state index contributed by atoms with van der Waals surface area (Å²) in [4.78, 5) is 15.3. The van der Waals surface area contributed by atoms with E-state index < -0.39 is 0 Å². The molecule has 1 aliphatic heterocycles. The largest absolute Gasteiger partial charge is 0.493 e. The van der Waals surface area contributed by atoms with E-state index in [2.05, 4.69) is 22.3 Å². The van der Waals surface area contributed by atoms with Crippen molar-refractivity contribution in [3.8, 4) is 11.5 Å². The summed E-state index contributed by atoms with van der Waals surface area (Å²) >= 11 is 0. The fourth-order valence-electron chi connectivity index (χ4n) is 5.52. The van der Waals surface area contributed by atoms with Crippen molar-refractivity contribution < 1.29 is 14.3 Å². The monoisotopic (exact) mass is 465 g/mol. The zero-order valence-corrected chi connectivity index (χ0v) is 20.4. The molecular formula is C28H39N3O3. The van der Waals surface area contributed by atoms with E-state index in [-0.39, 0.29) is 12.3 Å². The lowest BCUT2D eigenvalue weighted by Crippen LogP contribution is -2.39. The van der Waals surface area contributed by atoms with Gasteiger partial charge in [-0.2, -0.15) is 0 Å². The second kappa shape index (κ2) is 12.1. The van der Waals surface area contributed by atoms with E-state index in [0.717, 1.165) is 36.2 Å². The van der Waals surface area contributed by atoms with Crippen LogP contribution in [0.4, 0.5) is 11.4 Å². The van der Waals surface area contributed by atoms with Gasteiger partial charge in [0.2, 0.25) is 5.91 Å². The summed E-state index contributed by atoms with van der Waals surface area (Å²) < 4.78 is 11.0. The maximum atomic E-state index is 12.8. The lowest BCUT2D eigenvalue weighted by molar-refractivity contribution is -0.115. The third-order valence-electron chi connectivity index (χ3n) is 7.24. The molecule has 34 heavy (non-hydrogen) atoms. The van der Waals surface area contributed by atoms with Crippen LogP contribution in [-0.4, -0.2) is 39.3 Å². The summed E-state index contributed by atoms with van der Waals surface area (Å²) in [5, 5.41) is 3.08. The Morgan fingerprint density at radius 2 is 1.85 bits per heavy atom. The van der Waals surface area contributed by atoms with Gasteiger partial charge >= 0.3 is 0 Å². The Balaban J connectivity index is 1.36. The van der Waals surface area contributed by atoms with Gasteiger partial charge < -0.3 is 25.4 Å². The molecule has 2 aromatic carbocycles. The third-order valence-corrected chi connectivity index (χ3v) is 7.24. The van der Waals surface area contributed by atoms with Crippen LogP contribution in [0.15, 0.2) is 42.5 Å². The number of nitrogens with one attached hydrogen (secondary N) is 1. The predicted octanol–water partition coefficient (Wildman–Crippen LogP) is 5.01. The minimum Gasteiger partial charge on any atom is -0.493 e. The first-order valence-corrected chi connectivity index (χ1v) is 12.8. The van der Waals surface area contributed by atoms with Crippen LogP contribution >= 0.6 is 0 Å². The zero-order chi connectivity index (χ0) is 23.8. The Hall–Kier alpha value is -2.73. The summed E-state index contributed by atoms with van der Waals surface area (Å²) in [5.41, 5.74) is 8.44. The topological polar surface area (TPSA) is 76.8 Å². The van der Waals surface area contributed by atoms with Crippen molar-refractivity contribution in [2.75, 3.05) is 43.6 Å². The minimum absolute atomic E-state index is 0.0476. The maximum absolute atomic E-state index is 12.8. The Morgan fingerprint density at radius 3 is 2.65 bits per heavy atom. The molecule has 1 heterocycles. The van der Waals surface area contributed by atoms with E-state index in [0.29, 0.717) is 24.7 Å². The molecule has 1 amide bonds. The number of nitrogens with zero attached hydrogens (tertiary/aromatic N) is 1. The maximum Gasteiger partial charge on any atom is 0.228 e. The summed E-state index contributed by atoms with van der Waals surface area (Å²) in [6.45, 7) is 3.09. The van der Waals surface area contributed by atoms with Crippen LogP contribution in [0.3, 0.4) is 0 Å². The van der Waals surface area contributed by atoms with E-state index in [9.17, 15) is 4.79 Å². The highest BCUT2D eigenvalue weighted by Crippen LogP contribution is 2.36. The molecule has 1 unspecified atom stereocenters. The van der Waals surface area contributed by atoms with Crippen molar-refractivity contribution in [2.24, 2.45) is 17.6 Å². The van der Waals surface area contributed by atoms with Crippen LogP contribution in [0.1, 0.15) is 50.5 Å². The number of carbonyl (C=O) groups is 1. The summed E-state index contributed by atoms with van der Waals surface area (Å²) in [7, 11) is 1.60. The van der Waals surface area contributed by atoms with Crippen molar-refractivity contribution >= 4 is 17.3 Å². The number of rotatable bonds is 9. The molecule has 0 bridgehead atoms. The first-order valence-electron chi connectivity index (χ1n) is 12.8. The van der Waals surface area contributed by atoms with Gasteiger partial charge in [0.05, 0.1) is 13.5 Å². The average molecular weight is 466 g/mol. The number of hydrogen-bond acceptors (Lipinski definition) is 5. The van der Waals surface area contributed by atoms with Crippen molar-refractivity contribution in [3.63, 3.8) is 0 Å². The highest BCUT2D eigenvalue weighted by molar-refractivity contribution is 5.92. The van der Waals surface area contributed by atoms with Crippen LogP contribution < -0.4 is 25.4 Å². The van der Waals surface area contributed by atoms with Gasteiger partial charge in [-0.3, -0.25) is 4.79 Å². The van der Waals surface area contributed by atoms with E-state index in [1.807, 2.05) is 30.3 Å². The Bertz CT molecular complexity index is 942. The van der Waals surface area contributed by atoms with Gasteiger partial charge in [0.15, 0.2) is 11.5 Å². The molecule has 0 radical (unpaired) electrons. The normalized spacial score (nSPS) is 19.0. The molecule has 184 valence electrons. The molecule has 3 N–H and O–H groups in total. The quantitative estimate of drug-likeness (QED) is 0.544. The smallest absolute Gasteiger partial charge is 0.228 e. The van der Waals surface area contributed by atoms with E-state index in [4.69, 9.17) is 15.2 Å². The number of benzene rings is 2. The number of hydrogen-bond donors (Lipinski definition) is 2. The standard InChI is InChI=1S/C28H39N3O3/c1-33-27-17-21(12-13-26(27)34-16-14-29)18-28(32)30-24-10-5-11-25(19-24)31-15-6-9-23(20-31)22-7-3-2-4-8-22/h5,10-13,17,19,22-23H,2-4,6-9,14-16,18,20,29H2,1H3,(H,30,32). The van der Waals surface area contributed by atoms with Crippen molar-refractivity contribution in [3.05, 3.63) is 48.0 Å². The van der Waals surface area contributed by atoms with Crippen molar-refractivity contribution in [1.29, 1.82) is 0 Å². The number of ether oxygens (including phenoxy) is 2. The van der Waals surface area contributed by atoms with Crippen LogP contribution in [-0.2, 0) is 11.2 Å². The summed E-state index contributed by atoms with van der Waals surface area (Å²) in [6.07, 6.45) is 9.90. The SMILES string of the molecule is COc1cc(CC(=O)Nc2cccc(N3CCCC(C4CCCCC4)C3)c2)ccc1OCCN. The molecular weight excluding hydrogens is 426 g/mol. The number of methoxy groups -OCH3 is 1. The Labute approximate surface area is 203 Å². The van der Waals surface area contributed by atoms with Crippen LogP contribution in [0.25, 0.3) is 0 Å². The number of anilines is 2. The van der Waals surface area contributed by atoms with E-state index in [1.54, 1.807) is 7.11 Å². The molecule has 4 rings (SSSR count).